The van der Waals surface area contributed by atoms with E-state index in [1.54, 1.807) is 0 Å². The highest BCUT2D eigenvalue weighted by Gasteiger charge is 2.33. The van der Waals surface area contributed by atoms with E-state index in [1.807, 2.05) is 212 Å². The third-order valence-corrected chi connectivity index (χ3v) is 28.8. The van der Waals surface area contributed by atoms with Crippen LogP contribution in [0.15, 0.2) is 116 Å². The summed E-state index contributed by atoms with van der Waals surface area (Å²) in [5, 5.41) is 14.4. The lowest BCUT2D eigenvalue weighted by molar-refractivity contribution is 2.05. The maximum Gasteiger partial charge on any atom is 0.0717 e. The summed E-state index contributed by atoms with van der Waals surface area (Å²) in [6.45, 7) is 0. The SMILES string of the molecule is C1=CSC(=C2SC3=C(SC(=C/C=C4/SC=C(SCSC5=CS/C(=C\C=C6SC7=C(S6)SC(=C6SC=CS6)S7)S5)S4)S3)S2)S1. The van der Waals surface area contributed by atoms with Crippen LogP contribution in [0, 0.1) is 0 Å². The van der Waals surface area contributed by atoms with Crippen molar-refractivity contribution in [2.24, 2.45) is 0 Å². The fourth-order valence-electron chi connectivity index (χ4n) is 3.31. The standard InChI is InChI=1S/C25H12S18/c1(3-14-36-22-23(37-14)41-20(40-22)18-26-5-6-27-18)12-30-9-16(34-12)32-11-33-17-10-31-13(35-17)2-4-15-38-24-25(39-15)43-21(42-24)19-28-7-8-29-19/h1-10H,11H2/b12-1-,13-2+. The maximum atomic E-state index is 2.31. The molecule has 8 aliphatic heterocycles. The van der Waals surface area contributed by atoms with Crippen LogP contribution < -0.4 is 0 Å². The van der Waals surface area contributed by atoms with E-state index in [9.17, 15) is 0 Å². The predicted octanol–water partition coefficient (Wildman–Crippen LogP) is 16.7. The molecule has 8 aliphatic rings. The average Bonchev–Trinajstić information content (AvgIpc) is 3.84. The lowest BCUT2D eigenvalue weighted by atomic mass is 10.6. The number of hydrogen-bond acceptors (Lipinski definition) is 18. The Labute approximate surface area is 327 Å². The summed E-state index contributed by atoms with van der Waals surface area (Å²) in [7, 11) is 0. The minimum atomic E-state index is 1.04. The lowest BCUT2D eigenvalue weighted by Gasteiger charge is -2.04. The molecule has 8 heterocycles. The maximum absolute atomic E-state index is 2.31. The van der Waals surface area contributed by atoms with Gasteiger partial charge < -0.3 is 0 Å². The van der Waals surface area contributed by atoms with Crippen molar-refractivity contribution in [2.75, 3.05) is 5.08 Å². The Morgan fingerprint density at radius 1 is 0.372 bits per heavy atom. The van der Waals surface area contributed by atoms with E-state index in [0.717, 1.165) is 5.08 Å². The summed E-state index contributed by atoms with van der Waals surface area (Å²) in [5.74, 6) is 0. The summed E-state index contributed by atoms with van der Waals surface area (Å²) in [5.41, 5.74) is 0. The zero-order chi connectivity index (χ0) is 28.6. The van der Waals surface area contributed by atoms with Crippen molar-refractivity contribution >= 4 is 212 Å². The zero-order valence-electron chi connectivity index (χ0n) is 20.8. The van der Waals surface area contributed by atoms with Crippen molar-refractivity contribution < 1.29 is 0 Å². The molecule has 43 heavy (non-hydrogen) atoms. The second-order valence-electron chi connectivity index (χ2n) is 7.79. The summed E-state index contributed by atoms with van der Waals surface area (Å²) in [6, 6.07) is 0. The first-order valence-corrected chi connectivity index (χ1v) is 27.2. The molecule has 0 unspecified atom stereocenters. The van der Waals surface area contributed by atoms with Crippen molar-refractivity contribution in [2.45, 2.75) is 0 Å². The topological polar surface area (TPSA) is 0 Å². The number of hydrogen-bond donors (Lipinski definition) is 0. The smallest absolute Gasteiger partial charge is 0.0717 e. The first-order chi connectivity index (χ1) is 21.2. The van der Waals surface area contributed by atoms with Gasteiger partial charge in [0.1, 0.15) is 0 Å². The molecule has 0 aromatic carbocycles. The molecular weight excluding hydrogens is 877 g/mol. The minimum Gasteiger partial charge on any atom is -0.107 e. The Balaban J connectivity index is 0.741. The van der Waals surface area contributed by atoms with Crippen molar-refractivity contribution in [3.8, 4) is 0 Å². The predicted molar refractivity (Wildman–Crippen MR) is 236 cm³/mol. The van der Waals surface area contributed by atoms with E-state index >= 15 is 0 Å². The first-order valence-electron chi connectivity index (χ1n) is 11.8. The molecule has 220 valence electrons. The van der Waals surface area contributed by atoms with Gasteiger partial charge in [-0.2, -0.15) is 0 Å². The number of rotatable bonds is 6. The van der Waals surface area contributed by atoms with Gasteiger partial charge in [-0.3, -0.25) is 0 Å². The highest BCUT2D eigenvalue weighted by atomic mass is 32.3. The molecule has 0 aromatic rings. The van der Waals surface area contributed by atoms with Gasteiger partial charge in [0.05, 0.1) is 50.8 Å². The molecule has 0 N–H and O–H groups in total. The summed E-state index contributed by atoms with van der Waals surface area (Å²) >= 11 is 34.3. The molecule has 0 aromatic heterocycles. The van der Waals surface area contributed by atoms with Gasteiger partial charge in [0.2, 0.25) is 0 Å². The largest absolute Gasteiger partial charge is 0.107 e. The molecule has 0 bridgehead atoms. The fourth-order valence-corrected chi connectivity index (χ4v) is 27.4. The highest BCUT2D eigenvalue weighted by Crippen LogP contribution is 2.70. The van der Waals surface area contributed by atoms with Crippen molar-refractivity contribution in [3.05, 3.63) is 116 Å². The van der Waals surface area contributed by atoms with E-state index < -0.39 is 0 Å². The van der Waals surface area contributed by atoms with E-state index in [2.05, 4.69) is 56.8 Å². The second-order valence-corrected chi connectivity index (χ2v) is 29.8. The summed E-state index contributed by atoms with van der Waals surface area (Å²) in [6.07, 6.45) is 9.21. The minimum absolute atomic E-state index is 1.04. The molecule has 0 spiro atoms. The Kier molecular flexibility index (Phi) is 12.4. The normalized spacial score (nSPS) is 26.5. The highest BCUT2D eigenvalue weighted by molar-refractivity contribution is 8.50. The van der Waals surface area contributed by atoms with Crippen LogP contribution in [0.1, 0.15) is 0 Å². The van der Waals surface area contributed by atoms with Gasteiger partial charge in [0.15, 0.2) is 0 Å². The van der Waals surface area contributed by atoms with Crippen molar-refractivity contribution in [1.29, 1.82) is 0 Å². The monoisotopic (exact) mass is 888 g/mol. The molecule has 0 saturated carbocycles. The zero-order valence-corrected chi connectivity index (χ0v) is 35.5. The molecule has 0 saturated heterocycles. The molecule has 0 atom stereocenters. The second kappa shape index (κ2) is 16.0. The van der Waals surface area contributed by atoms with Crippen LogP contribution in [0.3, 0.4) is 0 Å². The molecule has 0 fully saturated rings. The Hall–Kier alpha value is 3.18. The van der Waals surface area contributed by atoms with Gasteiger partial charge in [-0.1, -0.05) is 188 Å². The van der Waals surface area contributed by atoms with Crippen LogP contribution in [0.2, 0.25) is 0 Å². The number of thioether (sulfide) groups is 18. The summed E-state index contributed by atoms with van der Waals surface area (Å²) in [4.78, 5) is 0. The number of allylic oxidation sites excluding steroid dienone is 4. The van der Waals surface area contributed by atoms with Crippen LogP contribution in [-0.2, 0) is 0 Å². The fraction of sp³-hybridized carbons (Fsp3) is 0.0400. The van der Waals surface area contributed by atoms with Crippen LogP contribution >= 0.6 is 212 Å². The first kappa shape index (κ1) is 33.3. The van der Waals surface area contributed by atoms with Crippen LogP contribution in [0.25, 0.3) is 0 Å². The van der Waals surface area contributed by atoms with Gasteiger partial charge >= 0.3 is 0 Å². The molecule has 0 radical (unpaired) electrons. The molecular formula is C25H12S18. The van der Waals surface area contributed by atoms with Crippen LogP contribution in [0.4, 0.5) is 0 Å². The van der Waals surface area contributed by atoms with E-state index in [-0.39, 0.29) is 0 Å². The van der Waals surface area contributed by atoms with Gasteiger partial charge in [0, 0.05) is 13.6 Å². The lowest BCUT2D eigenvalue weighted by Crippen LogP contribution is -1.71. The van der Waals surface area contributed by atoms with Crippen LogP contribution in [0.5, 0.6) is 0 Å². The van der Waals surface area contributed by atoms with Gasteiger partial charge in [-0.25, -0.2) is 0 Å². The average molecular weight is 890 g/mol. The Morgan fingerprint density at radius 3 is 1.12 bits per heavy atom. The van der Waals surface area contributed by atoms with Crippen molar-refractivity contribution in [3.63, 3.8) is 0 Å². The third-order valence-electron chi connectivity index (χ3n) is 5.05. The third kappa shape index (κ3) is 8.56. The van der Waals surface area contributed by atoms with E-state index in [1.165, 1.54) is 59.3 Å². The Morgan fingerprint density at radius 2 is 0.721 bits per heavy atom. The quantitative estimate of drug-likeness (QED) is 0.232. The molecule has 18 heteroatoms. The van der Waals surface area contributed by atoms with Gasteiger partial charge in [-0.15, -0.1) is 23.5 Å². The van der Waals surface area contributed by atoms with Gasteiger partial charge in [-0.05, 0) is 56.8 Å². The van der Waals surface area contributed by atoms with E-state index in [0.29, 0.717) is 0 Å². The molecule has 8 rings (SSSR count). The Bertz CT molecular complexity index is 1460. The molecule has 0 aliphatic carbocycles. The summed E-state index contributed by atoms with van der Waals surface area (Å²) < 4.78 is 19.9. The van der Waals surface area contributed by atoms with Crippen molar-refractivity contribution in [1.82, 2.24) is 0 Å². The van der Waals surface area contributed by atoms with Crippen LogP contribution in [-0.4, -0.2) is 5.08 Å². The molecule has 0 nitrogen and oxygen atoms in total. The van der Waals surface area contributed by atoms with Gasteiger partial charge in [0.25, 0.3) is 0 Å². The van der Waals surface area contributed by atoms with E-state index in [4.69, 9.17) is 0 Å². The molecule has 0 amide bonds.